The van der Waals surface area contributed by atoms with Gasteiger partial charge in [0.15, 0.2) is 0 Å². The highest BCUT2D eigenvalue weighted by atomic mass is 32.2. The van der Waals surface area contributed by atoms with Gasteiger partial charge in [-0.1, -0.05) is 18.2 Å². The molecule has 1 fully saturated rings. The Morgan fingerprint density at radius 1 is 1.06 bits per heavy atom. The fourth-order valence-electron chi connectivity index (χ4n) is 3.31. The Labute approximate surface area is 201 Å². The lowest BCUT2D eigenvalue weighted by atomic mass is 10.2. The number of hydrogen-bond donors (Lipinski definition) is 1. The van der Waals surface area contributed by atoms with E-state index in [9.17, 15) is 27.6 Å². The lowest BCUT2D eigenvalue weighted by Crippen LogP contribution is -2.32. The maximum atomic E-state index is 12.8. The highest BCUT2D eigenvalue weighted by molar-refractivity contribution is 8.00. The molecule has 180 valence electrons. The molecule has 1 aromatic heterocycles. The summed E-state index contributed by atoms with van der Waals surface area (Å²) >= 11 is -0.282. The number of carbonyl (C=O) groups excluding carboxylic acids is 3. The molecule has 12 heteroatoms. The summed E-state index contributed by atoms with van der Waals surface area (Å²) in [6, 6.07) is 16.0. The van der Waals surface area contributed by atoms with E-state index in [1.807, 2.05) is 0 Å². The molecule has 0 radical (unpaired) electrons. The van der Waals surface area contributed by atoms with Crippen LogP contribution < -0.4 is 15.0 Å². The number of nitrogens with zero attached hydrogens (tertiary/aromatic N) is 3. The van der Waals surface area contributed by atoms with Gasteiger partial charge in [0.2, 0.25) is 0 Å². The first kappa shape index (κ1) is 24.1. The SMILES string of the molecule is O=C(Nc1cc(CN2CC(=O)N(c3ccc(SC(F)(F)F)cc3)C2=O)ccn1)Oc1ccccc1. The predicted molar refractivity (Wildman–Crippen MR) is 122 cm³/mol. The largest absolute Gasteiger partial charge is 0.446 e. The average molecular weight is 502 g/mol. The zero-order chi connectivity index (χ0) is 25.0. The van der Waals surface area contributed by atoms with E-state index in [2.05, 4.69) is 10.3 Å². The molecule has 4 rings (SSSR count). The van der Waals surface area contributed by atoms with Crippen LogP contribution in [0.25, 0.3) is 0 Å². The summed E-state index contributed by atoms with van der Waals surface area (Å²) < 4.78 is 42.7. The van der Waals surface area contributed by atoms with E-state index in [1.54, 1.807) is 36.4 Å². The second-order valence-corrected chi connectivity index (χ2v) is 8.42. The molecule has 4 amide bonds. The monoisotopic (exact) mass is 502 g/mol. The molecule has 0 aliphatic carbocycles. The zero-order valence-corrected chi connectivity index (χ0v) is 18.7. The number of para-hydroxylation sites is 1. The number of benzene rings is 2. The molecule has 3 aromatic rings. The molecule has 0 bridgehead atoms. The molecule has 0 unspecified atom stereocenters. The maximum absolute atomic E-state index is 12.8. The number of anilines is 2. The van der Waals surface area contributed by atoms with E-state index in [-0.39, 0.29) is 41.3 Å². The molecule has 1 aliphatic rings. The molecule has 2 heterocycles. The first-order valence-electron chi connectivity index (χ1n) is 10.1. The van der Waals surface area contributed by atoms with E-state index in [4.69, 9.17) is 4.74 Å². The second-order valence-electron chi connectivity index (χ2n) is 7.29. The summed E-state index contributed by atoms with van der Waals surface area (Å²) in [6.07, 6.45) is 0.691. The molecule has 8 nitrogen and oxygen atoms in total. The van der Waals surface area contributed by atoms with Crippen molar-refractivity contribution >= 4 is 41.3 Å². The van der Waals surface area contributed by atoms with Crippen molar-refractivity contribution in [3.8, 4) is 5.75 Å². The van der Waals surface area contributed by atoms with Gasteiger partial charge in [0, 0.05) is 17.6 Å². The van der Waals surface area contributed by atoms with Crippen molar-refractivity contribution in [1.29, 1.82) is 0 Å². The van der Waals surface area contributed by atoms with Crippen LogP contribution in [0.2, 0.25) is 0 Å². The Morgan fingerprint density at radius 2 is 1.77 bits per heavy atom. The number of halogens is 3. The van der Waals surface area contributed by atoms with E-state index < -0.39 is 23.5 Å². The first-order chi connectivity index (χ1) is 16.7. The Hall–Kier alpha value is -4.06. The van der Waals surface area contributed by atoms with Gasteiger partial charge in [-0.25, -0.2) is 19.5 Å². The molecule has 1 saturated heterocycles. The third-order valence-corrected chi connectivity index (χ3v) is 5.49. The minimum absolute atomic E-state index is 0.0496. The summed E-state index contributed by atoms with van der Waals surface area (Å²) in [5.41, 5.74) is -3.67. The number of amides is 4. The number of alkyl halides is 3. The fraction of sp³-hybridized carbons (Fsp3) is 0.130. The Kier molecular flexibility index (Phi) is 6.92. The van der Waals surface area contributed by atoms with Crippen molar-refractivity contribution in [3.63, 3.8) is 0 Å². The van der Waals surface area contributed by atoms with Crippen LogP contribution in [0.5, 0.6) is 5.75 Å². The van der Waals surface area contributed by atoms with Gasteiger partial charge in [0.05, 0.1) is 5.69 Å². The van der Waals surface area contributed by atoms with Gasteiger partial charge in [0.25, 0.3) is 5.91 Å². The van der Waals surface area contributed by atoms with E-state index >= 15 is 0 Å². The smallest absolute Gasteiger partial charge is 0.410 e. The number of nitrogens with one attached hydrogen (secondary N) is 1. The quantitative estimate of drug-likeness (QED) is 0.365. The van der Waals surface area contributed by atoms with Crippen molar-refractivity contribution in [2.75, 3.05) is 16.8 Å². The fourth-order valence-corrected chi connectivity index (χ4v) is 3.85. The molecule has 2 aromatic carbocycles. The van der Waals surface area contributed by atoms with Crippen LogP contribution in [0.3, 0.4) is 0 Å². The average Bonchev–Trinajstić information content (AvgIpc) is 3.07. The van der Waals surface area contributed by atoms with Gasteiger partial charge in [0.1, 0.15) is 18.1 Å². The van der Waals surface area contributed by atoms with E-state index in [0.29, 0.717) is 11.3 Å². The third kappa shape index (κ3) is 6.29. The molecule has 0 atom stereocenters. The van der Waals surface area contributed by atoms with Gasteiger partial charge in [-0.15, -0.1) is 0 Å². The number of thioether (sulfide) groups is 1. The molecule has 1 aliphatic heterocycles. The number of ether oxygens (including phenoxy) is 1. The highest BCUT2D eigenvalue weighted by Gasteiger charge is 2.37. The number of pyridine rings is 1. The van der Waals surface area contributed by atoms with Crippen LogP contribution in [-0.2, 0) is 11.3 Å². The van der Waals surface area contributed by atoms with E-state index in [0.717, 1.165) is 4.90 Å². The number of rotatable bonds is 6. The number of hydrogen-bond acceptors (Lipinski definition) is 6. The van der Waals surface area contributed by atoms with Crippen molar-refractivity contribution in [1.82, 2.24) is 9.88 Å². The summed E-state index contributed by atoms with van der Waals surface area (Å²) in [5.74, 6) is 0.0357. The number of aromatic nitrogens is 1. The Morgan fingerprint density at radius 3 is 2.46 bits per heavy atom. The molecule has 1 N–H and O–H groups in total. The lowest BCUT2D eigenvalue weighted by molar-refractivity contribution is -0.116. The predicted octanol–water partition coefficient (Wildman–Crippen LogP) is 5.27. The van der Waals surface area contributed by atoms with Crippen LogP contribution >= 0.6 is 11.8 Å². The number of imide groups is 1. The Balaban J connectivity index is 1.39. The van der Waals surface area contributed by atoms with Crippen LogP contribution in [0.1, 0.15) is 5.56 Å². The Bertz CT molecular complexity index is 1240. The van der Waals surface area contributed by atoms with Gasteiger partial charge in [-0.05, 0) is 65.9 Å². The molecule has 0 saturated carbocycles. The van der Waals surface area contributed by atoms with Crippen LogP contribution in [0.15, 0.2) is 77.8 Å². The summed E-state index contributed by atoms with van der Waals surface area (Å²) in [4.78, 5) is 43.6. The van der Waals surface area contributed by atoms with Crippen molar-refractivity contribution < 1.29 is 32.3 Å². The standard InChI is InChI=1S/C23H17F3N4O4S/c24-23(25,26)35-18-8-6-16(7-9-18)30-20(31)14-29(22(30)33)13-15-10-11-27-19(12-15)28-21(32)34-17-4-2-1-3-5-17/h1-12H,13-14H2,(H,27,28,32). The zero-order valence-electron chi connectivity index (χ0n) is 17.9. The molecule has 0 spiro atoms. The summed E-state index contributed by atoms with van der Waals surface area (Å²) in [6.45, 7) is -0.160. The van der Waals surface area contributed by atoms with Gasteiger partial charge in [-0.3, -0.25) is 10.1 Å². The van der Waals surface area contributed by atoms with Gasteiger partial charge >= 0.3 is 17.6 Å². The first-order valence-corrected chi connectivity index (χ1v) is 11.0. The van der Waals surface area contributed by atoms with Crippen LogP contribution in [-0.4, -0.2) is 40.0 Å². The second kappa shape index (κ2) is 10.1. The molecule has 35 heavy (non-hydrogen) atoms. The van der Waals surface area contributed by atoms with Crippen molar-refractivity contribution in [2.45, 2.75) is 16.9 Å². The van der Waals surface area contributed by atoms with E-state index in [1.165, 1.54) is 41.4 Å². The minimum Gasteiger partial charge on any atom is -0.410 e. The summed E-state index contributed by atoms with van der Waals surface area (Å²) in [5, 5.41) is 2.50. The maximum Gasteiger partial charge on any atom is 0.446 e. The third-order valence-electron chi connectivity index (χ3n) is 4.75. The lowest BCUT2D eigenvalue weighted by Gasteiger charge is -2.18. The van der Waals surface area contributed by atoms with Crippen LogP contribution in [0, 0.1) is 0 Å². The normalized spacial score (nSPS) is 13.8. The van der Waals surface area contributed by atoms with Crippen molar-refractivity contribution in [2.24, 2.45) is 0 Å². The minimum atomic E-state index is -4.44. The molecular weight excluding hydrogens is 485 g/mol. The van der Waals surface area contributed by atoms with Gasteiger partial charge < -0.3 is 9.64 Å². The number of urea groups is 1. The number of carbonyl (C=O) groups is 3. The van der Waals surface area contributed by atoms with Crippen molar-refractivity contribution in [3.05, 3.63) is 78.5 Å². The van der Waals surface area contributed by atoms with Gasteiger partial charge in [-0.2, -0.15) is 13.2 Å². The molecular formula is C23H17F3N4O4S. The highest BCUT2D eigenvalue weighted by Crippen LogP contribution is 2.37. The van der Waals surface area contributed by atoms with Crippen LogP contribution in [0.4, 0.5) is 34.3 Å². The summed E-state index contributed by atoms with van der Waals surface area (Å²) in [7, 11) is 0. The topological polar surface area (TPSA) is 91.8 Å².